The van der Waals surface area contributed by atoms with Crippen LogP contribution in [0.3, 0.4) is 0 Å². The molecule has 0 amide bonds. The second-order valence-corrected chi connectivity index (χ2v) is 7.75. The molecular weight excluding hydrogens is 276 g/mol. The van der Waals surface area contributed by atoms with E-state index in [1.54, 1.807) is 0 Å². The van der Waals surface area contributed by atoms with Gasteiger partial charge in [-0.1, -0.05) is 32.1 Å². The fraction of sp³-hybridized carbons (Fsp3) is 0.929. The maximum absolute atomic E-state index is 12.3. The van der Waals surface area contributed by atoms with Gasteiger partial charge in [0.05, 0.1) is 17.9 Å². The van der Waals surface area contributed by atoms with Crippen molar-refractivity contribution >= 4 is 10.0 Å². The molecule has 2 rings (SSSR count). The molecule has 114 valence electrons. The molecule has 0 aromatic rings. The van der Waals surface area contributed by atoms with Crippen LogP contribution in [-0.4, -0.2) is 32.4 Å². The van der Waals surface area contributed by atoms with E-state index in [1.165, 1.54) is 6.42 Å². The van der Waals surface area contributed by atoms with E-state index in [4.69, 9.17) is 4.74 Å². The first-order chi connectivity index (χ1) is 9.55. The summed E-state index contributed by atoms with van der Waals surface area (Å²) in [4.78, 5) is 0. The third kappa shape index (κ3) is 4.44. The van der Waals surface area contributed by atoms with Crippen molar-refractivity contribution in [2.45, 2.75) is 69.4 Å². The Hall–Kier alpha value is -0.640. The topological polar surface area (TPSA) is 79.2 Å². The van der Waals surface area contributed by atoms with Crippen LogP contribution in [0.2, 0.25) is 0 Å². The fourth-order valence-corrected chi connectivity index (χ4v) is 4.79. The highest BCUT2D eigenvalue weighted by Gasteiger charge is 2.36. The van der Waals surface area contributed by atoms with E-state index in [9.17, 15) is 13.7 Å². The van der Waals surface area contributed by atoms with E-state index in [0.717, 1.165) is 38.5 Å². The largest absolute Gasteiger partial charge is 0.377 e. The van der Waals surface area contributed by atoms with Gasteiger partial charge in [-0.15, -0.1) is 0 Å². The van der Waals surface area contributed by atoms with Crippen LogP contribution < -0.4 is 4.72 Å². The van der Waals surface area contributed by atoms with Crippen LogP contribution in [0.25, 0.3) is 0 Å². The van der Waals surface area contributed by atoms with Crippen molar-refractivity contribution in [3.05, 3.63) is 0 Å². The summed E-state index contributed by atoms with van der Waals surface area (Å²) in [5, 5.41) is 9.47. The average molecular weight is 300 g/mol. The van der Waals surface area contributed by atoms with Crippen molar-refractivity contribution in [3.63, 3.8) is 0 Å². The molecule has 1 N–H and O–H groups in total. The molecule has 2 fully saturated rings. The summed E-state index contributed by atoms with van der Waals surface area (Å²) < 4.78 is 32.6. The second kappa shape index (κ2) is 6.88. The maximum atomic E-state index is 12.3. The van der Waals surface area contributed by atoms with Crippen LogP contribution in [0.15, 0.2) is 0 Å². The van der Waals surface area contributed by atoms with Crippen LogP contribution in [0, 0.1) is 11.3 Å². The molecule has 1 heterocycles. The van der Waals surface area contributed by atoms with Gasteiger partial charge in [-0.25, -0.2) is 8.42 Å². The van der Waals surface area contributed by atoms with E-state index in [1.807, 2.05) is 0 Å². The van der Waals surface area contributed by atoms with Gasteiger partial charge in [0, 0.05) is 6.61 Å². The van der Waals surface area contributed by atoms with E-state index in [2.05, 4.69) is 10.8 Å². The van der Waals surface area contributed by atoms with Crippen LogP contribution in [0.1, 0.15) is 57.8 Å². The Morgan fingerprint density at radius 3 is 2.35 bits per heavy atom. The molecule has 1 aliphatic heterocycles. The summed E-state index contributed by atoms with van der Waals surface area (Å²) in [5.74, 6) is -0.0174. The molecule has 0 radical (unpaired) electrons. The van der Waals surface area contributed by atoms with Crippen LogP contribution in [0.5, 0.6) is 0 Å². The highest BCUT2D eigenvalue weighted by atomic mass is 32.2. The number of ether oxygens (including phenoxy) is 1. The number of rotatable bonds is 4. The lowest BCUT2D eigenvalue weighted by Gasteiger charge is -2.29. The zero-order valence-corrected chi connectivity index (χ0v) is 12.8. The summed E-state index contributed by atoms with van der Waals surface area (Å²) >= 11 is 0. The zero-order chi connectivity index (χ0) is 14.5. The Balaban J connectivity index is 2.01. The standard InChI is InChI=1S/C14H24N2O3S/c15-12-14(8-4-2-1-3-5-9-14)16-20(17,18)11-13-7-6-10-19-13/h13,16H,1-11H2. The van der Waals surface area contributed by atoms with Gasteiger partial charge in [-0.3, -0.25) is 0 Å². The first-order valence-corrected chi connectivity index (χ1v) is 9.25. The van der Waals surface area contributed by atoms with E-state index >= 15 is 0 Å². The molecule has 0 bridgehead atoms. The van der Waals surface area contributed by atoms with Crippen molar-refractivity contribution < 1.29 is 13.2 Å². The molecular formula is C14H24N2O3S. The molecule has 20 heavy (non-hydrogen) atoms. The molecule has 1 saturated carbocycles. The van der Waals surface area contributed by atoms with Gasteiger partial charge in [-0.05, 0) is 25.7 Å². The van der Waals surface area contributed by atoms with Gasteiger partial charge < -0.3 is 4.74 Å². The van der Waals surface area contributed by atoms with Crippen molar-refractivity contribution in [1.29, 1.82) is 5.26 Å². The van der Waals surface area contributed by atoms with Crippen molar-refractivity contribution in [2.24, 2.45) is 0 Å². The molecule has 1 saturated heterocycles. The van der Waals surface area contributed by atoms with Gasteiger partial charge >= 0.3 is 0 Å². The highest BCUT2D eigenvalue weighted by molar-refractivity contribution is 7.89. The van der Waals surface area contributed by atoms with Gasteiger partial charge in [-0.2, -0.15) is 9.98 Å². The van der Waals surface area contributed by atoms with Crippen molar-refractivity contribution in [1.82, 2.24) is 4.72 Å². The molecule has 0 aromatic heterocycles. The van der Waals surface area contributed by atoms with E-state index in [0.29, 0.717) is 19.4 Å². The minimum absolute atomic E-state index is 0.0174. The minimum atomic E-state index is -3.46. The molecule has 6 heteroatoms. The van der Waals surface area contributed by atoms with Crippen LogP contribution in [0.4, 0.5) is 0 Å². The second-order valence-electron chi connectivity index (χ2n) is 5.98. The summed E-state index contributed by atoms with van der Waals surface area (Å²) in [7, 11) is -3.46. The van der Waals surface area contributed by atoms with Crippen molar-refractivity contribution in [3.8, 4) is 6.07 Å². The lowest BCUT2D eigenvalue weighted by molar-refractivity contribution is 0.127. The SMILES string of the molecule is N#CC1(NS(=O)(=O)CC2CCCO2)CCCCCCC1. The Morgan fingerprint density at radius 2 is 1.80 bits per heavy atom. The molecule has 5 nitrogen and oxygen atoms in total. The number of hydrogen-bond donors (Lipinski definition) is 1. The predicted octanol–water partition coefficient (Wildman–Crippen LogP) is 2.09. The molecule has 1 atom stereocenters. The summed E-state index contributed by atoms with van der Waals surface area (Å²) in [6.45, 7) is 0.642. The van der Waals surface area contributed by atoms with Crippen LogP contribution >= 0.6 is 0 Å². The third-order valence-electron chi connectivity index (χ3n) is 4.20. The first kappa shape index (κ1) is 15.7. The Bertz CT molecular complexity index is 442. The molecule has 0 aromatic carbocycles. The van der Waals surface area contributed by atoms with Crippen molar-refractivity contribution in [2.75, 3.05) is 12.4 Å². The molecule has 0 spiro atoms. The molecule has 1 aliphatic carbocycles. The first-order valence-electron chi connectivity index (χ1n) is 7.60. The summed E-state index contributed by atoms with van der Waals surface area (Å²) in [6, 6.07) is 2.24. The van der Waals surface area contributed by atoms with Gasteiger partial charge in [0.1, 0.15) is 5.54 Å². The number of nitriles is 1. The molecule has 1 unspecified atom stereocenters. The normalized spacial score (nSPS) is 27.4. The number of nitrogens with one attached hydrogen (secondary N) is 1. The van der Waals surface area contributed by atoms with Crippen LogP contribution in [-0.2, 0) is 14.8 Å². The lowest BCUT2D eigenvalue weighted by Crippen LogP contribution is -2.49. The number of hydrogen-bond acceptors (Lipinski definition) is 4. The summed E-state index contributed by atoms with van der Waals surface area (Å²) in [5.41, 5.74) is -0.905. The van der Waals surface area contributed by atoms with Gasteiger partial charge in [0.15, 0.2) is 0 Å². The number of nitrogens with zero attached hydrogens (tertiary/aromatic N) is 1. The van der Waals surface area contributed by atoms with Gasteiger partial charge in [0.2, 0.25) is 10.0 Å². The highest BCUT2D eigenvalue weighted by Crippen LogP contribution is 2.27. The third-order valence-corrected chi connectivity index (χ3v) is 5.71. The lowest BCUT2D eigenvalue weighted by atomic mass is 9.86. The molecule has 2 aliphatic rings. The number of sulfonamides is 1. The predicted molar refractivity (Wildman–Crippen MR) is 76.6 cm³/mol. The van der Waals surface area contributed by atoms with E-state index < -0.39 is 15.6 Å². The average Bonchev–Trinajstić information content (AvgIpc) is 2.84. The Kier molecular flexibility index (Phi) is 5.42. The maximum Gasteiger partial charge on any atom is 0.215 e. The Labute approximate surface area is 121 Å². The monoisotopic (exact) mass is 300 g/mol. The van der Waals surface area contributed by atoms with Gasteiger partial charge in [0.25, 0.3) is 0 Å². The quantitative estimate of drug-likeness (QED) is 0.862. The van der Waals surface area contributed by atoms with E-state index in [-0.39, 0.29) is 11.9 Å². The fourth-order valence-electron chi connectivity index (χ4n) is 3.11. The Morgan fingerprint density at radius 1 is 1.15 bits per heavy atom. The smallest absolute Gasteiger partial charge is 0.215 e. The minimum Gasteiger partial charge on any atom is -0.377 e. The zero-order valence-electron chi connectivity index (χ0n) is 11.9. The summed E-state index contributed by atoms with van der Waals surface area (Å²) in [6.07, 6.45) is 7.91.